The van der Waals surface area contributed by atoms with Gasteiger partial charge in [0.05, 0.1) is 0 Å². The summed E-state index contributed by atoms with van der Waals surface area (Å²) in [6.45, 7) is 7.57. The van der Waals surface area contributed by atoms with Gasteiger partial charge in [-0.25, -0.2) is 4.79 Å². The monoisotopic (exact) mass is 236 g/mol. The van der Waals surface area contributed by atoms with E-state index in [1.807, 2.05) is 32.9 Å². The molecule has 0 saturated heterocycles. The first-order chi connectivity index (χ1) is 7.83. The lowest BCUT2D eigenvalue weighted by Crippen LogP contribution is -2.42. The minimum Gasteiger partial charge on any atom is -0.478 e. The van der Waals surface area contributed by atoms with Gasteiger partial charge in [-0.2, -0.15) is 0 Å². The van der Waals surface area contributed by atoms with Crippen molar-refractivity contribution in [2.24, 2.45) is 5.92 Å². The predicted octanol–water partition coefficient (Wildman–Crippen LogP) is 3.26. The van der Waals surface area contributed by atoms with E-state index >= 15 is 0 Å². The van der Waals surface area contributed by atoms with Crippen LogP contribution >= 0.6 is 0 Å². The second kappa shape index (κ2) is 5.21. The van der Waals surface area contributed by atoms with Crippen LogP contribution in [0.25, 0.3) is 0 Å². The number of carboxylic acid groups (broad SMARTS) is 1. The molecule has 1 N–H and O–H groups in total. The number of carboxylic acids is 1. The van der Waals surface area contributed by atoms with Crippen molar-refractivity contribution >= 4 is 5.97 Å². The number of rotatable bonds is 5. The zero-order chi connectivity index (χ0) is 13.1. The van der Waals surface area contributed by atoms with Gasteiger partial charge in [0.1, 0.15) is 5.75 Å². The third-order valence-electron chi connectivity index (χ3n) is 2.61. The highest BCUT2D eigenvalue weighted by Gasteiger charge is 2.36. The number of ether oxygens (including phenoxy) is 1. The molecule has 0 aromatic heterocycles. The van der Waals surface area contributed by atoms with E-state index in [-0.39, 0.29) is 5.92 Å². The summed E-state index contributed by atoms with van der Waals surface area (Å²) in [6.07, 6.45) is 0.482. The van der Waals surface area contributed by atoms with Crippen molar-refractivity contribution in [1.82, 2.24) is 0 Å². The Hall–Kier alpha value is -1.51. The highest BCUT2D eigenvalue weighted by atomic mass is 16.5. The first kappa shape index (κ1) is 13.6. The molecule has 0 aliphatic rings. The minimum absolute atomic E-state index is 0.265. The molecule has 0 saturated carbocycles. The summed E-state index contributed by atoms with van der Waals surface area (Å²) in [5, 5.41) is 9.27. The molecule has 0 aliphatic heterocycles. The van der Waals surface area contributed by atoms with E-state index < -0.39 is 11.6 Å². The maximum absolute atomic E-state index is 11.3. The first-order valence-corrected chi connectivity index (χ1v) is 5.82. The summed E-state index contributed by atoms with van der Waals surface area (Å²) < 4.78 is 5.63. The van der Waals surface area contributed by atoms with Crippen LogP contribution in [0.1, 0.15) is 32.8 Å². The van der Waals surface area contributed by atoms with Gasteiger partial charge >= 0.3 is 5.97 Å². The molecule has 17 heavy (non-hydrogen) atoms. The molecule has 0 bridgehead atoms. The molecular weight excluding hydrogens is 216 g/mol. The van der Waals surface area contributed by atoms with E-state index in [9.17, 15) is 9.90 Å². The molecular formula is C14H20O3. The molecule has 1 unspecified atom stereocenters. The van der Waals surface area contributed by atoms with Crippen LogP contribution in [0.15, 0.2) is 24.3 Å². The van der Waals surface area contributed by atoms with Crippen molar-refractivity contribution in [3.05, 3.63) is 29.8 Å². The standard InChI is InChI=1S/C14H20O3/c1-10(2)9-14(4,13(15)16)17-12-7-5-11(3)6-8-12/h5-8,10H,9H2,1-4H3,(H,15,16). The lowest BCUT2D eigenvalue weighted by molar-refractivity contribution is -0.155. The van der Waals surface area contributed by atoms with Crippen LogP contribution in [0.4, 0.5) is 0 Å². The van der Waals surface area contributed by atoms with Crippen LogP contribution in [0.5, 0.6) is 5.75 Å². The molecule has 3 nitrogen and oxygen atoms in total. The number of hydrogen-bond donors (Lipinski definition) is 1. The maximum Gasteiger partial charge on any atom is 0.347 e. The molecule has 1 rings (SSSR count). The van der Waals surface area contributed by atoms with E-state index in [2.05, 4.69) is 0 Å². The Morgan fingerprint density at radius 3 is 2.29 bits per heavy atom. The first-order valence-electron chi connectivity index (χ1n) is 5.82. The Morgan fingerprint density at radius 2 is 1.88 bits per heavy atom. The SMILES string of the molecule is Cc1ccc(OC(C)(CC(C)C)C(=O)O)cc1. The van der Waals surface area contributed by atoms with Crippen molar-refractivity contribution in [2.45, 2.75) is 39.7 Å². The average molecular weight is 236 g/mol. The van der Waals surface area contributed by atoms with Gasteiger partial charge in [0.2, 0.25) is 5.60 Å². The lowest BCUT2D eigenvalue weighted by Gasteiger charge is -2.28. The van der Waals surface area contributed by atoms with E-state index in [1.165, 1.54) is 0 Å². The van der Waals surface area contributed by atoms with Gasteiger partial charge < -0.3 is 9.84 Å². The quantitative estimate of drug-likeness (QED) is 0.853. The summed E-state index contributed by atoms with van der Waals surface area (Å²) in [7, 11) is 0. The average Bonchev–Trinajstić information content (AvgIpc) is 2.20. The molecule has 0 spiro atoms. The third-order valence-corrected chi connectivity index (χ3v) is 2.61. The second-order valence-electron chi connectivity index (χ2n) is 5.05. The molecule has 1 atom stereocenters. The van der Waals surface area contributed by atoms with Crippen LogP contribution < -0.4 is 4.74 Å². The molecule has 0 amide bonds. The molecule has 1 aromatic carbocycles. The molecule has 94 valence electrons. The summed E-state index contributed by atoms with van der Waals surface area (Å²) >= 11 is 0. The van der Waals surface area contributed by atoms with Crippen molar-refractivity contribution in [2.75, 3.05) is 0 Å². The number of carbonyl (C=O) groups is 1. The number of aryl methyl sites for hydroxylation is 1. The van der Waals surface area contributed by atoms with E-state index in [1.54, 1.807) is 19.1 Å². The minimum atomic E-state index is -1.16. The largest absolute Gasteiger partial charge is 0.478 e. The number of benzene rings is 1. The molecule has 0 aliphatic carbocycles. The fraction of sp³-hybridized carbons (Fsp3) is 0.500. The van der Waals surface area contributed by atoms with Gasteiger partial charge in [0.15, 0.2) is 0 Å². The van der Waals surface area contributed by atoms with Gasteiger partial charge in [-0.15, -0.1) is 0 Å². The van der Waals surface area contributed by atoms with Crippen LogP contribution in [0, 0.1) is 12.8 Å². The van der Waals surface area contributed by atoms with Crippen LogP contribution in [-0.2, 0) is 4.79 Å². The predicted molar refractivity (Wildman–Crippen MR) is 67.3 cm³/mol. The van der Waals surface area contributed by atoms with Crippen molar-refractivity contribution in [3.63, 3.8) is 0 Å². The number of aliphatic carboxylic acids is 1. The lowest BCUT2D eigenvalue weighted by atomic mass is 9.94. The molecule has 3 heteroatoms. The summed E-state index contributed by atoms with van der Waals surface area (Å²) in [5.41, 5.74) is -0.0399. The fourth-order valence-electron chi connectivity index (χ4n) is 1.82. The zero-order valence-corrected chi connectivity index (χ0v) is 10.9. The summed E-state index contributed by atoms with van der Waals surface area (Å²) in [6, 6.07) is 7.42. The van der Waals surface area contributed by atoms with Gasteiger partial charge in [-0.1, -0.05) is 31.5 Å². The van der Waals surface area contributed by atoms with Gasteiger partial charge in [0, 0.05) is 6.42 Å². The van der Waals surface area contributed by atoms with Crippen LogP contribution in [0.3, 0.4) is 0 Å². The number of hydrogen-bond acceptors (Lipinski definition) is 2. The maximum atomic E-state index is 11.3. The zero-order valence-electron chi connectivity index (χ0n) is 10.9. The van der Waals surface area contributed by atoms with Crippen molar-refractivity contribution in [1.29, 1.82) is 0 Å². The Labute approximate surface area is 102 Å². The Kier molecular flexibility index (Phi) is 4.16. The molecule has 0 heterocycles. The van der Waals surface area contributed by atoms with E-state index in [0.717, 1.165) is 5.56 Å². The molecule has 0 radical (unpaired) electrons. The summed E-state index contributed by atoms with van der Waals surface area (Å²) in [5.74, 6) is -0.0607. The highest BCUT2D eigenvalue weighted by molar-refractivity contribution is 5.77. The third kappa shape index (κ3) is 3.77. The second-order valence-corrected chi connectivity index (χ2v) is 5.05. The molecule has 0 fully saturated rings. The Balaban J connectivity index is 2.86. The Morgan fingerprint density at radius 1 is 1.35 bits per heavy atom. The van der Waals surface area contributed by atoms with Gasteiger partial charge in [-0.3, -0.25) is 0 Å². The topological polar surface area (TPSA) is 46.5 Å². The summed E-state index contributed by atoms with van der Waals surface area (Å²) in [4.78, 5) is 11.3. The fourth-order valence-corrected chi connectivity index (χ4v) is 1.82. The Bertz CT molecular complexity index is 381. The van der Waals surface area contributed by atoms with E-state index in [4.69, 9.17) is 4.74 Å². The smallest absolute Gasteiger partial charge is 0.347 e. The van der Waals surface area contributed by atoms with Crippen molar-refractivity contribution < 1.29 is 14.6 Å². The van der Waals surface area contributed by atoms with Crippen LogP contribution in [0.2, 0.25) is 0 Å². The molecule has 1 aromatic rings. The van der Waals surface area contributed by atoms with Crippen LogP contribution in [-0.4, -0.2) is 16.7 Å². The normalized spacial score (nSPS) is 14.4. The van der Waals surface area contributed by atoms with Gasteiger partial charge in [-0.05, 0) is 31.9 Å². The highest BCUT2D eigenvalue weighted by Crippen LogP contribution is 2.25. The van der Waals surface area contributed by atoms with Crippen molar-refractivity contribution in [3.8, 4) is 5.75 Å². The van der Waals surface area contributed by atoms with E-state index in [0.29, 0.717) is 12.2 Å². The van der Waals surface area contributed by atoms with Gasteiger partial charge in [0.25, 0.3) is 0 Å².